The van der Waals surface area contributed by atoms with E-state index in [1.54, 1.807) is 18.3 Å². The van der Waals surface area contributed by atoms with Crippen molar-refractivity contribution >= 4 is 5.97 Å². The van der Waals surface area contributed by atoms with Crippen LogP contribution < -0.4 is 0 Å². The molecule has 0 atom stereocenters. The highest BCUT2D eigenvalue weighted by molar-refractivity contribution is 5.89. The summed E-state index contributed by atoms with van der Waals surface area (Å²) in [6, 6.07) is 14.5. The Balaban J connectivity index is 2.17. The van der Waals surface area contributed by atoms with Crippen molar-refractivity contribution in [3.8, 4) is 0 Å². The number of aromatic nitrogens is 1. The van der Waals surface area contributed by atoms with E-state index in [1.165, 1.54) is 0 Å². The van der Waals surface area contributed by atoms with Crippen molar-refractivity contribution in [1.82, 2.24) is 4.98 Å². The van der Waals surface area contributed by atoms with Gasteiger partial charge >= 0.3 is 5.97 Å². The van der Waals surface area contributed by atoms with E-state index >= 15 is 0 Å². The average Bonchev–Trinajstić information content (AvgIpc) is 2.40. The Kier molecular flexibility index (Phi) is 3.42. The predicted octanol–water partition coefficient (Wildman–Crippen LogP) is 3.17. The molecule has 0 bridgehead atoms. The number of carbonyl (C=O) groups excluding carboxylic acids is 1. The van der Waals surface area contributed by atoms with Crippen LogP contribution >= 0.6 is 0 Å². The molecule has 92 valence electrons. The fraction of sp³-hybridized carbons (Fsp3) is 0.200. The van der Waals surface area contributed by atoms with Gasteiger partial charge in [0.2, 0.25) is 0 Å². The van der Waals surface area contributed by atoms with Gasteiger partial charge in [0.25, 0.3) is 0 Å². The van der Waals surface area contributed by atoms with Crippen LogP contribution in [0, 0.1) is 0 Å². The summed E-state index contributed by atoms with van der Waals surface area (Å²) in [5.74, 6) is -0.341. The second-order valence-corrected chi connectivity index (χ2v) is 4.48. The molecule has 0 aliphatic heterocycles. The fourth-order valence-corrected chi connectivity index (χ4v) is 1.64. The molecule has 1 aromatic heterocycles. The fourth-order valence-electron chi connectivity index (χ4n) is 1.64. The molecule has 3 nitrogen and oxygen atoms in total. The minimum Gasteiger partial charge on any atom is -0.450 e. The number of ether oxygens (including phenoxy) is 1. The summed E-state index contributed by atoms with van der Waals surface area (Å²) in [6.07, 6.45) is 1.69. The molecule has 0 N–H and O–H groups in total. The summed E-state index contributed by atoms with van der Waals surface area (Å²) in [7, 11) is 0. The number of carbonyl (C=O) groups is 1. The minimum absolute atomic E-state index is 0.341. The quantitative estimate of drug-likeness (QED) is 0.775. The maximum Gasteiger partial charge on any atom is 0.339 e. The van der Waals surface area contributed by atoms with Crippen LogP contribution in [0.2, 0.25) is 0 Å². The van der Waals surface area contributed by atoms with Crippen LogP contribution in [0.3, 0.4) is 0 Å². The molecule has 1 aromatic carbocycles. The second kappa shape index (κ2) is 5.00. The Bertz CT molecular complexity index is 521. The lowest BCUT2D eigenvalue weighted by atomic mass is 10.0. The maximum atomic E-state index is 12.0. The molecule has 0 spiro atoms. The van der Waals surface area contributed by atoms with Gasteiger partial charge in [0.05, 0.1) is 11.3 Å². The van der Waals surface area contributed by atoms with Crippen molar-refractivity contribution in [1.29, 1.82) is 0 Å². The Hall–Kier alpha value is -2.16. The van der Waals surface area contributed by atoms with Gasteiger partial charge in [-0.3, -0.25) is 4.98 Å². The third kappa shape index (κ3) is 2.74. The normalized spacial score (nSPS) is 11.0. The molecule has 1 heterocycles. The molecule has 0 fully saturated rings. The van der Waals surface area contributed by atoms with Crippen molar-refractivity contribution in [2.45, 2.75) is 19.4 Å². The van der Waals surface area contributed by atoms with E-state index in [0.29, 0.717) is 5.56 Å². The number of pyridine rings is 1. The monoisotopic (exact) mass is 241 g/mol. The molecule has 0 unspecified atom stereocenters. The number of hydrogen-bond acceptors (Lipinski definition) is 3. The number of hydrogen-bond donors (Lipinski definition) is 0. The molecule has 3 heteroatoms. The second-order valence-electron chi connectivity index (χ2n) is 4.48. The zero-order valence-electron chi connectivity index (χ0n) is 10.5. The first-order chi connectivity index (χ1) is 8.59. The van der Waals surface area contributed by atoms with Crippen LogP contribution in [-0.4, -0.2) is 11.0 Å². The maximum absolute atomic E-state index is 12.0. The minimum atomic E-state index is -0.742. The van der Waals surface area contributed by atoms with Crippen molar-refractivity contribution in [2.75, 3.05) is 0 Å². The number of esters is 1. The molecule has 2 rings (SSSR count). The molecule has 0 saturated heterocycles. The van der Waals surface area contributed by atoms with Crippen molar-refractivity contribution < 1.29 is 9.53 Å². The van der Waals surface area contributed by atoms with E-state index in [-0.39, 0.29) is 5.97 Å². The SMILES string of the molecule is CC(C)(OC(=O)c1ccccc1)c1ccccn1. The Labute approximate surface area is 106 Å². The first-order valence-electron chi connectivity index (χ1n) is 5.79. The van der Waals surface area contributed by atoms with Gasteiger partial charge in [0.15, 0.2) is 0 Å². The van der Waals surface area contributed by atoms with Crippen LogP contribution in [0.1, 0.15) is 29.9 Å². The molecule has 18 heavy (non-hydrogen) atoms. The highest BCUT2D eigenvalue weighted by atomic mass is 16.6. The Morgan fingerprint density at radius 3 is 2.33 bits per heavy atom. The molecular formula is C15H15NO2. The standard InChI is InChI=1S/C15H15NO2/c1-15(2,13-10-6-7-11-16-13)18-14(17)12-8-4-3-5-9-12/h3-11H,1-2H3. The van der Waals surface area contributed by atoms with Crippen molar-refractivity contribution in [3.05, 3.63) is 66.0 Å². The largest absolute Gasteiger partial charge is 0.450 e. The molecule has 2 aromatic rings. The summed E-state index contributed by atoms with van der Waals surface area (Å²) in [6.45, 7) is 3.66. The molecule has 0 saturated carbocycles. The smallest absolute Gasteiger partial charge is 0.339 e. The van der Waals surface area contributed by atoms with Crippen LogP contribution in [-0.2, 0) is 10.3 Å². The number of benzene rings is 1. The van der Waals surface area contributed by atoms with Gasteiger partial charge in [-0.1, -0.05) is 24.3 Å². The van der Waals surface area contributed by atoms with Crippen LogP contribution in [0.25, 0.3) is 0 Å². The van der Waals surface area contributed by atoms with E-state index in [2.05, 4.69) is 4.98 Å². The summed E-state index contributed by atoms with van der Waals surface area (Å²) in [4.78, 5) is 16.2. The van der Waals surface area contributed by atoms with E-state index in [9.17, 15) is 4.79 Å². The van der Waals surface area contributed by atoms with E-state index in [4.69, 9.17) is 4.74 Å². The third-order valence-corrected chi connectivity index (χ3v) is 2.64. The van der Waals surface area contributed by atoms with Gasteiger partial charge in [0.1, 0.15) is 5.60 Å². The van der Waals surface area contributed by atoms with Gasteiger partial charge in [-0.25, -0.2) is 4.79 Å². The van der Waals surface area contributed by atoms with E-state index in [0.717, 1.165) is 5.69 Å². The first-order valence-corrected chi connectivity index (χ1v) is 5.79. The first kappa shape index (κ1) is 12.3. The van der Waals surface area contributed by atoms with Crippen LogP contribution in [0.5, 0.6) is 0 Å². The van der Waals surface area contributed by atoms with E-state index in [1.807, 2.05) is 50.2 Å². The van der Waals surface area contributed by atoms with Crippen LogP contribution in [0.15, 0.2) is 54.7 Å². The highest BCUT2D eigenvalue weighted by Gasteiger charge is 2.27. The van der Waals surface area contributed by atoms with Gasteiger partial charge in [-0.05, 0) is 38.1 Å². The van der Waals surface area contributed by atoms with E-state index < -0.39 is 5.60 Å². The molecular weight excluding hydrogens is 226 g/mol. The summed E-state index contributed by atoms with van der Waals surface area (Å²) >= 11 is 0. The van der Waals surface area contributed by atoms with Gasteiger partial charge in [0, 0.05) is 6.20 Å². The lowest BCUT2D eigenvalue weighted by molar-refractivity contribution is -0.00498. The number of nitrogens with zero attached hydrogens (tertiary/aromatic N) is 1. The summed E-state index contributed by atoms with van der Waals surface area (Å²) in [5.41, 5.74) is 0.532. The van der Waals surface area contributed by atoms with Gasteiger partial charge in [-0.15, -0.1) is 0 Å². The number of rotatable bonds is 3. The lowest BCUT2D eigenvalue weighted by Crippen LogP contribution is -2.26. The molecule has 0 amide bonds. The van der Waals surface area contributed by atoms with Crippen molar-refractivity contribution in [2.24, 2.45) is 0 Å². The Morgan fingerprint density at radius 1 is 1.06 bits per heavy atom. The Morgan fingerprint density at radius 2 is 1.72 bits per heavy atom. The lowest BCUT2D eigenvalue weighted by Gasteiger charge is -2.24. The topological polar surface area (TPSA) is 39.2 Å². The van der Waals surface area contributed by atoms with Gasteiger partial charge < -0.3 is 4.74 Å². The zero-order valence-corrected chi connectivity index (χ0v) is 10.5. The molecule has 0 radical (unpaired) electrons. The molecule has 0 aliphatic rings. The van der Waals surface area contributed by atoms with Crippen molar-refractivity contribution in [3.63, 3.8) is 0 Å². The highest BCUT2D eigenvalue weighted by Crippen LogP contribution is 2.23. The third-order valence-electron chi connectivity index (χ3n) is 2.64. The summed E-state index contributed by atoms with van der Waals surface area (Å²) in [5, 5.41) is 0. The average molecular weight is 241 g/mol. The van der Waals surface area contributed by atoms with Gasteiger partial charge in [-0.2, -0.15) is 0 Å². The zero-order chi connectivity index (χ0) is 13.0. The molecule has 0 aliphatic carbocycles. The summed E-state index contributed by atoms with van der Waals surface area (Å²) < 4.78 is 5.51. The van der Waals surface area contributed by atoms with Crippen LogP contribution in [0.4, 0.5) is 0 Å². The predicted molar refractivity (Wildman–Crippen MR) is 69.1 cm³/mol.